The second kappa shape index (κ2) is 5.93. The number of benzene rings is 1. The molecule has 1 aromatic carbocycles. The Labute approximate surface area is 99.0 Å². The quantitative estimate of drug-likeness (QED) is 0.689. The van der Waals surface area contributed by atoms with Crippen LogP contribution in [-0.4, -0.2) is 18.4 Å². The van der Waals surface area contributed by atoms with Gasteiger partial charge in [-0.25, -0.2) is 0 Å². The van der Waals surface area contributed by atoms with Crippen molar-refractivity contribution in [3.63, 3.8) is 0 Å². The van der Waals surface area contributed by atoms with Crippen LogP contribution in [0.2, 0.25) is 18.2 Å². The number of aryl methyl sites for hydroxylation is 1. The van der Waals surface area contributed by atoms with Gasteiger partial charge in [-0.15, -0.1) is 0 Å². The van der Waals surface area contributed by atoms with Crippen LogP contribution in [0.4, 0.5) is 0 Å². The van der Waals surface area contributed by atoms with E-state index in [1.54, 1.807) is 0 Å². The van der Waals surface area contributed by atoms with Crippen molar-refractivity contribution in [3.8, 4) is 0 Å². The molecular weight excluding hydrogens is 287 g/mol. The van der Waals surface area contributed by atoms with E-state index in [4.69, 9.17) is 0 Å². The summed E-state index contributed by atoms with van der Waals surface area (Å²) < 4.78 is 2.51. The summed E-state index contributed by atoms with van der Waals surface area (Å²) in [6.45, 7) is 4.80. The molecule has 0 aromatic heterocycles. The number of hydrogen-bond acceptors (Lipinski definition) is 0. The molecule has 84 valence electrons. The van der Waals surface area contributed by atoms with Gasteiger partial charge in [0.15, 0.2) is 0 Å². The molecule has 1 atom stereocenters. The average molecular weight is 311 g/mol. The molecular formula is C14H24Sn. The molecule has 15 heavy (non-hydrogen) atoms. The number of rotatable bonds is 5. The van der Waals surface area contributed by atoms with Crippen molar-refractivity contribution < 1.29 is 0 Å². The van der Waals surface area contributed by atoms with E-state index in [0.29, 0.717) is 0 Å². The zero-order valence-electron chi connectivity index (χ0n) is 10.6. The van der Waals surface area contributed by atoms with E-state index in [2.05, 4.69) is 54.1 Å². The van der Waals surface area contributed by atoms with Crippen LogP contribution in [0.5, 0.6) is 0 Å². The van der Waals surface area contributed by atoms with E-state index in [0.717, 1.165) is 3.93 Å². The SMILES string of the molecule is CC[CH](C)[Sn]([CH3])([CH3])[CH2]Cc1ccccc1. The van der Waals surface area contributed by atoms with Crippen LogP contribution in [0.15, 0.2) is 30.3 Å². The van der Waals surface area contributed by atoms with Gasteiger partial charge >= 0.3 is 99.2 Å². The van der Waals surface area contributed by atoms with Gasteiger partial charge in [-0.2, -0.15) is 0 Å². The molecule has 0 aliphatic heterocycles. The third kappa shape index (κ3) is 4.18. The van der Waals surface area contributed by atoms with Crippen LogP contribution in [0.1, 0.15) is 25.8 Å². The van der Waals surface area contributed by atoms with E-state index in [1.807, 2.05) is 0 Å². The van der Waals surface area contributed by atoms with Gasteiger partial charge < -0.3 is 0 Å². The summed E-state index contributed by atoms with van der Waals surface area (Å²) in [6.07, 6.45) is 2.67. The average Bonchev–Trinajstić information content (AvgIpc) is 2.27. The third-order valence-electron chi connectivity index (χ3n) is 3.85. The van der Waals surface area contributed by atoms with Gasteiger partial charge in [0.05, 0.1) is 0 Å². The molecule has 1 aromatic rings. The van der Waals surface area contributed by atoms with Crippen molar-refractivity contribution in [2.75, 3.05) is 0 Å². The zero-order chi connectivity index (χ0) is 11.3. The molecule has 0 radical (unpaired) electrons. The van der Waals surface area contributed by atoms with Crippen molar-refractivity contribution in [2.45, 2.75) is 44.9 Å². The van der Waals surface area contributed by atoms with Crippen LogP contribution >= 0.6 is 0 Å². The first-order valence-corrected chi connectivity index (χ1v) is 15.5. The van der Waals surface area contributed by atoms with Crippen LogP contribution in [0.25, 0.3) is 0 Å². The normalized spacial score (nSPS) is 13.9. The predicted molar refractivity (Wildman–Crippen MR) is 72.2 cm³/mol. The molecule has 0 N–H and O–H groups in total. The summed E-state index contributed by atoms with van der Waals surface area (Å²) in [4.78, 5) is 5.21. The van der Waals surface area contributed by atoms with Crippen molar-refractivity contribution in [1.82, 2.24) is 0 Å². The van der Waals surface area contributed by atoms with Crippen LogP contribution < -0.4 is 0 Å². The van der Waals surface area contributed by atoms with E-state index in [9.17, 15) is 0 Å². The van der Waals surface area contributed by atoms with Gasteiger partial charge in [-0.05, 0) is 0 Å². The molecule has 0 amide bonds. The molecule has 0 fully saturated rings. The predicted octanol–water partition coefficient (Wildman–Crippen LogP) is 4.74. The first-order valence-electron chi connectivity index (χ1n) is 6.10. The van der Waals surface area contributed by atoms with Crippen LogP contribution in [0.3, 0.4) is 0 Å². The molecule has 0 nitrogen and oxygen atoms in total. The topological polar surface area (TPSA) is 0 Å². The first kappa shape index (κ1) is 13.1. The molecule has 0 bridgehead atoms. The zero-order valence-corrected chi connectivity index (χ0v) is 13.4. The fraction of sp³-hybridized carbons (Fsp3) is 0.571. The van der Waals surface area contributed by atoms with E-state index >= 15 is 0 Å². The molecule has 1 rings (SSSR count). The maximum absolute atomic E-state index is 2.60. The second-order valence-corrected chi connectivity index (χ2v) is 20.9. The Kier molecular flexibility index (Phi) is 5.17. The molecule has 1 heteroatoms. The van der Waals surface area contributed by atoms with Gasteiger partial charge in [0.1, 0.15) is 0 Å². The fourth-order valence-corrected chi connectivity index (χ4v) is 9.13. The molecule has 0 aliphatic rings. The summed E-state index contributed by atoms with van der Waals surface area (Å²) in [5, 5.41) is 0. The standard InChI is InChI=1S/C8H9.C4H9.2CH3.Sn/c1-2-8-6-4-3-5-7-8;1-3-4-2;;;/h3-7H,1-2H2;3H,4H2,1-2H3;2*1H3;. The van der Waals surface area contributed by atoms with Crippen LogP contribution in [0, 0.1) is 0 Å². The summed E-state index contributed by atoms with van der Waals surface area (Å²) in [5.41, 5.74) is 1.52. The molecule has 1 unspecified atom stereocenters. The minimum absolute atomic E-state index is 1.02. The summed E-state index contributed by atoms with van der Waals surface area (Å²) in [7, 11) is 0. The van der Waals surface area contributed by atoms with Gasteiger partial charge in [0.2, 0.25) is 0 Å². The fourth-order valence-electron chi connectivity index (χ4n) is 1.91. The second-order valence-electron chi connectivity index (χ2n) is 5.28. The maximum atomic E-state index is 2.60. The number of hydrogen-bond donors (Lipinski definition) is 0. The molecule has 0 aliphatic carbocycles. The molecule has 0 heterocycles. The van der Waals surface area contributed by atoms with Crippen molar-refractivity contribution in [1.29, 1.82) is 0 Å². The van der Waals surface area contributed by atoms with E-state index in [-0.39, 0.29) is 0 Å². The van der Waals surface area contributed by atoms with E-state index in [1.165, 1.54) is 22.8 Å². The molecule has 0 saturated carbocycles. The minimum atomic E-state index is -1.73. The summed E-state index contributed by atoms with van der Waals surface area (Å²) in [6, 6.07) is 10.9. The van der Waals surface area contributed by atoms with Gasteiger partial charge in [-0.1, -0.05) is 0 Å². The Morgan fingerprint density at radius 3 is 2.27 bits per heavy atom. The van der Waals surface area contributed by atoms with Gasteiger partial charge in [0, 0.05) is 0 Å². The van der Waals surface area contributed by atoms with Crippen LogP contribution in [-0.2, 0) is 6.42 Å². The molecule has 0 spiro atoms. The Hall–Kier alpha value is 0.0187. The Bertz CT molecular complexity index is 277. The van der Waals surface area contributed by atoms with Gasteiger partial charge in [-0.3, -0.25) is 0 Å². The summed E-state index contributed by atoms with van der Waals surface area (Å²) in [5.74, 6) is 0. The van der Waals surface area contributed by atoms with Crippen molar-refractivity contribution in [3.05, 3.63) is 35.9 Å². The first-order chi connectivity index (χ1) is 7.06. The third-order valence-corrected chi connectivity index (χ3v) is 17.0. The van der Waals surface area contributed by atoms with E-state index < -0.39 is 18.4 Å². The van der Waals surface area contributed by atoms with Crippen molar-refractivity contribution >= 4 is 18.4 Å². The van der Waals surface area contributed by atoms with Crippen molar-refractivity contribution in [2.24, 2.45) is 0 Å². The monoisotopic (exact) mass is 312 g/mol. The van der Waals surface area contributed by atoms with Gasteiger partial charge in [0.25, 0.3) is 0 Å². The Morgan fingerprint density at radius 1 is 1.13 bits per heavy atom. The molecule has 0 saturated heterocycles. The Balaban J connectivity index is 2.49. The summed E-state index contributed by atoms with van der Waals surface area (Å²) >= 11 is -1.73. The Morgan fingerprint density at radius 2 is 1.73 bits per heavy atom.